The number of carbonyl (C=O) groups is 2. The lowest BCUT2D eigenvalue weighted by molar-refractivity contribution is -0.149. The highest BCUT2D eigenvalue weighted by Crippen LogP contribution is 2.16. The van der Waals surface area contributed by atoms with Crippen LogP contribution in [0.3, 0.4) is 0 Å². The molecule has 1 N–H and O–H groups in total. The fourth-order valence-electron chi connectivity index (χ4n) is 3.70. The van der Waals surface area contributed by atoms with E-state index in [1.807, 2.05) is 6.07 Å². The summed E-state index contributed by atoms with van der Waals surface area (Å²) in [4.78, 5) is 25.7. The first-order chi connectivity index (χ1) is 18.9. The third kappa shape index (κ3) is 10.6. The minimum absolute atomic E-state index is 0.242. The van der Waals surface area contributed by atoms with Gasteiger partial charge < -0.3 is 29.0 Å². The van der Waals surface area contributed by atoms with Crippen molar-refractivity contribution in [2.75, 3.05) is 32.9 Å². The molecular formula is C30H34FNO7. The van der Waals surface area contributed by atoms with E-state index in [0.717, 1.165) is 5.56 Å². The molecular weight excluding hydrogens is 505 g/mol. The van der Waals surface area contributed by atoms with Crippen LogP contribution in [0.4, 0.5) is 9.18 Å². The van der Waals surface area contributed by atoms with E-state index < -0.39 is 18.2 Å². The van der Waals surface area contributed by atoms with Crippen LogP contribution in [0.25, 0.3) is 0 Å². The molecule has 0 spiro atoms. The van der Waals surface area contributed by atoms with Gasteiger partial charge in [-0.25, -0.2) is 14.0 Å². The molecule has 39 heavy (non-hydrogen) atoms. The van der Waals surface area contributed by atoms with E-state index in [9.17, 15) is 19.1 Å². The van der Waals surface area contributed by atoms with Gasteiger partial charge in [-0.3, -0.25) is 0 Å². The highest BCUT2D eigenvalue weighted by molar-refractivity contribution is 5.72. The number of hydrogen-bond donors (Lipinski definition) is 1. The number of rotatable bonds is 16. The minimum Gasteiger partial charge on any atom is -0.494 e. The number of nitrogens with zero attached hydrogens (tertiary/aromatic N) is 1. The van der Waals surface area contributed by atoms with Crippen molar-refractivity contribution in [3.63, 3.8) is 0 Å². The second-order valence-corrected chi connectivity index (χ2v) is 8.66. The largest absolute Gasteiger partial charge is 0.494 e. The molecule has 0 aliphatic heterocycles. The molecule has 1 atom stereocenters. The van der Waals surface area contributed by atoms with Gasteiger partial charge in [0.25, 0.3) is 0 Å². The lowest BCUT2D eigenvalue weighted by atomic mass is 10.1. The normalized spacial score (nSPS) is 11.4. The molecule has 0 heterocycles. The van der Waals surface area contributed by atoms with E-state index in [0.29, 0.717) is 56.4 Å². The van der Waals surface area contributed by atoms with Crippen LogP contribution in [-0.4, -0.2) is 61.1 Å². The van der Waals surface area contributed by atoms with Gasteiger partial charge in [-0.1, -0.05) is 30.3 Å². The Labute approximate surface area is 227 Å². The molecule has 1 amide bonds. The zero-order valence-corrected chi connectivity index (χ0v) is 22.0. The van der Waals surface area contributed by atoms with Crippen molar-refractivity contribution in [3.8, 4) is 17.2 Å². The molecule has 0 fully saturated rings. The Balaban J connectivity index is 1.49. The average molecular weight is 540 g/mol. The summed E-state index contributed by atoms with van der Waals surface area (Å²) >= 11 is 0. The van der Waals surface area contributed by atoms with Crippen molar-refractivity contribution in [1.82, 2.24) is 4.90 Å². The number of aliphatic carboxylic acids is 1. The van der Waals surface area contributed by atoms with Crippen LogP contribution in [0.2, 0.25) is 0 Å². The molecule has 208 valence electrons. The van der Waals surface area contributed by atoms with Crippen molar-refractivity contribution in [3.05, 3.63) is 90.2 Å². The Kier molecular flexibility index (Phi) is 12.1. The van der Waals surface area contributed by atoms with Crippen LogP contribution >= 0.6 is 0 Å². The Morgan fingerprint density at radius 3 is 2.10 bits per heavy atom. The number of carboxylic acids is 1. The van der Waals surface area contributed by atoms with Crippen LogP contribution < -0.4 is 14.2 Å². The van der Waals surface area contributed by atoms with Gasteiger partial charge in [0.2, 0.25) is 0 Å². The zero-order valence-electron chi connectivity index (χ0n) is 22.0. The quantitative estimate of drug-likeness (QED) is 0.237. The van der Waals surface area contributed by atoms with E-state index in [1.54, 1.807) is 72.5 Å². The zero-order chi connectivity index (χ0) is 27.9. The maximum absolute atomic E-state index is 13.0. The summed E-state index contributed by atoms with van der Waals surface area (Å²) in [6, 6.07) is 21.8. The van der Waals surface area contributed by atoms with Crippen molar-refractivity contribution in [2.24, 2.45) is 0 Å². The maximum atomic E-state index is 13.0. The van der Waals surface area contributed by atoms with Gasteiger partial charge in [-0.15, -0.1) is 0 Å². The summed E-state index contributed by atoms with van der Waals surface area (Å²) in [5.74, 6) is 0.331. The van der Waals surface area contributed by atoms with E-state index >= 15 is 0 Å². The first-order valence-electron chi connectivity index (χ1n) is 12.9. The highest BCUT2D eigenvalue weighted by atomic mass is 19.1. The van der Waals surface area contributed by atoms with Crippen LogP contribution in [0, 0.1) is 5.82 Å². The molecule has 0 radical (unpaired) electrons. The van der Waals surface area contributed by atoms with Crippen LogP contribution in [0.15, 0.2) is 78.9 Å². The van der Waals surface area contributed by atoms with Crippen molar-refractivity contribution >= 4 is 12.1 Å². The van der Waals surface area contributed by atoms with Crippen molar-refractivity contribution in [1.29, 1.82) is 0 Å². The average Bonchev–Trinajstić information content (AvgIpc) is 2.94. The van der Waals surface area contributed by atoms with E-state index in [1.165, 1.54) is 12.1 Å². The summed E-state index contributed by atoms with van der Waals surface area (Å²) in [7, 11) is 0. The molecule has 0 aliphatic rings. The second-order valence-electron chi connectivity index (χ2n) is 8.66. The molecule has 0 bridgehead atoms. The predicted octanol–water partition coefficient (Wildman–Crippen LogP) is 5.60. The lowest BCUT2D eigenvalue weighted by Crippen LogP contribution is -2.37. The number of carboxylic acid groups (broad SMARTS) is 1. The second kappa shape index (κ2) is 16.0. The predicted molar refractivity (Wildman–Crippen MR) is 144 cm³/mol. The molecule has 9 heteroatoms. The fourth-order valence-corrected chi connectivity index (χ4v) is 3.70. The van der Waals surface area contributed by atoms with Crippen LogP contribution in [0.5, 0.6) is 17.2 Å². The number of hydrogen-bond acceptors (Lipinski definition) is 6. The molecule has 0 saturated carbocycles. The van der Waals surface area contributed by atoms with Gasteiger partial charge in [0.1, 0.15) is 29.7 Å². The van der Waals surface area contributed by atoms with Crippen LogP contribution in [0.1, 0.15) is 25.3 Å². The number of para-hydroxylation sites is 1. The van der Waals surface area contributed by atoms with E-state index in [-0.39, 0.29) is 18.8 Å². The number of amides is 1. The number of unbranched alkanes of at least 4 members (excludes halogenated alkanes) is 1. The lowest BCUT2D eigenvalue weighted by Gasteiger charge is -2.22. The van der Waals surface area contributed by atoms with Gasteiger partial charge >= 0.3 is 12.1 Å². The molecule has 0 aromatic heterocycles. The minimum atomic E-state index is -0.998. The SMILES string of the molecule is CCOC(Cc1ccc(OCCN(CCCCOc2ccc(F)cc2)C(=O)Oc2ccccc2)cc1)C(=O)O. The Bertz CT molecular complexity index is 1140. The molecule has 1 unspecified atom stereocenters. The monoisotopic (exact) mass is 539 g/mol. The maximum Gasteiger partial charge on any atom is 0.415 e. The first-order valence-corrected chi connectivity index (χ1v) is 12.9. The summed E-state index contributed by atoms with van der Waals surface area (Å²) in [5, 5.41) is 9.27. The molecule has 8 nitrogen and oxygen atoms in total. The van der Waals surface area contributed by atoms with Crippen molar-refractivity contribution in [2.45, 2.75) is 32.3 Å². The number of carbonyl (C=O) groups excluding carboxylic acids is 1. The smallest absolute Gasteiger partial charge is 0.415 e. The molecule has 0 saturated heterocycles. The standard InChI is InChI=1S/C30H34FNO7/c1-2-36-28(29(33)34)22-23-10-14-25(15-11-23)38-21-19-32(30(35)39-27-8-4-3-5-9-27)18-6-7-20-37-26-16-12-24(31)13-17-26/h3-5,8-17,28H,2,6-7,18-22H2,1H3,(H,33,34). The topological polar surface area (TPSA) is 94.5 Å². The highest BCUT2D eigenvalue weighted by Gasteiger charge is 2.18. The molecule has 3 aromatic carbocycles. The van der Waals surface area contributed by atoms with Gasteiger partial charge in [-0.2, -0.15) is 0 Å². The van der Waals surface area contributed by atoms with Gasteiger partial charge in [0, 0.05) is 19.6 Å². The van der Waals surface area contributed by atoms with Crippen molar-refractivity contribution < 1.29 is 38.0 Å². The molecule has 3 aromatic rings. The molecule has 3 rings (SSSR count). The third-order valence-electron chi connectivity index (χ3n) is 5.73. The number of ether oxygens (including phenoxy) is 4. The van der Waals surface area contributed by atoms with Gasteiger partial charge in [-0.05, 0) is 73.9 Å². The summed E-state index contributed by atoms with van der Waals surface area (Å²) < 4.78 is 35.3. The Morgan fingerprint density at radius 1 is 0.821 bits per heavy atom. The Hall–Kier alpha value is -4.11. The van der Waals surface area contributed by atoms with E-state index in [2.05, 4.69) is 0 Å². The van der Waals surface area contributed by atoms with Crippen LogP contribution in [-0.2, 0) is 16.0 Å². The first kappa shape index (κ1) is 29.4. The van der Waals surface area contributed by atoms with E-state index in [4.69, 9.17) is 18.9 Å². The van der Waals surface area contributed by atoms with Gasteiger partial charge in [0.05, 0.1) is 13.2 Å². The van der Waals surface area contributed by atoms with Gasteiger partial charge in [0.15, 0.2) is 6.10 Å². The molecule has 0 aliphatic carbocycles. The Morgan fingerprint density at radius 2 is 1.46 bits per heavy atom. The third-order valence-corrected chi connectivity index (χ3v) is 5.73. The number of benzene rings is 3. The number of halogens is 1. The summed E-state index contributed by atoms with van der Waals surface area (Å²) in [6.45, 7) is 3.50. The summed E-state index contributed by atoms with van der Waals surface area (Å²) in [5.41, 5.74) is 0.819. The fraction of sp³-hybridized carbons (Fsp3) is 0.333. The summed E-state index contributed by atoms with van der Waals surface area (Å²) in [6.07, 6.45) is 0.244.